The van der Waals surface area contributed by atoms with E-state index in [4.69, 9.17) is 0 Å². The molecular formula is C14H16ClFN2OS. The second-order valence-electron chi connectivity index (χ2n) is 4.84. The zero-order valence-electron chi connectivity index (χ0n) is 11.1. The third kappa shape index (κ3) is 2.80. The molecule has 1 aliphatic heterocycles. The van der Waals surface area contributed by atoms with Crippen molar-refractivity contribution >= 4 is 39.7 Å². The van der Waals surface area contributed by atoms with E-state index in [1.807, 2.05) is 11.8 Å². The van der Waals surface area contributed by atoms with Crippen LogP contribution in [0.15, 0.2) is 24.3 Å². The molecule has 1 saturated heterocycles. The van der Waals surface area contributed by atoms with Crippen LogP contribution in [-0.4, -0.2) is 36.5 Å². The molecule has 0 saturated carbocycles. The zero-order chi connectivity index (χ0) is 13.4. The van der Waals surface area contributed by atoms with Crippen LogP contribution in [0.2, 0.25) is 0 Å². The fraction of sp³-hybridized carbons (Fsp3) is 0.357. The molecule has 2 heterocycles. The minimum atomic E-state index is -0.264. The van der Waals surface area contributed by atoms with Crippen LogP contribution in [0.4, 0.5) is 4.39 Å². The van der Waals surface area contributed by atoms with E-state index >= 15 is 0 Å². The Labute approximate surface area is 127 Å². The Bertz CT molecular complexity index is 631. The van der Waals surface area contributed by atoms with Gasteiger partial charge in [-0.2, -0.15) is 0 Å². The van der Waals surface area contributed by atoms with E-state index < -0.39 is 0 Å². The Kier molecular flexibility index (Phi) is 4.62. The summed E-state index contributed by atoms with van der Waals surface area (Å²) in [7, 11) is 0. The molecule has 1 amide bonds. The van der Waals surface area contributed by atoms with Gasteiger partial charge in [0.2, 0.25) is 0 Å². The topological polar surface area (TPSA) is 32.3 Å². The van der Waals surface area contributed by atoms with Crippen LogP contribution >= 0.6 is 23.7 Å². The second-order valence-corrected chi connectivity index (χ2v) is 5.93. The Morgan fingerprint density at radius 3 is 3.00 bits per heavy atom. The molecule has 0 radical (unpaired) electrons. The number of amides is 1. The summed E-state index contributed by atoms with van der Waals surface area (Å²) in [5.74, 6) is -0.213. The van der Waals surface area contributed by atoms with Crippen molar-refractivity contribution in [2.75, 3.05) is 19.6 Å². The monoisotopic (exact) mass is 314 g/mol. The lowest BCUT2D eigenvalue weighted by Crippen LogP contribution is -2.52. The molecule has 3 nitrogen and oxygen atoms in total. The predicted octanol–water partition coefficient (Wildman–Crippen LogP) is 2.90. The van der Waals surface area contributed by atoms with E-state index in [-0.39, 0.29) is 30.2 Å². The average molecular weight is 315 g/mol. The quantitative estimate of drug-likeness (QED) is 0.878. The molecule has 0 spiro atoms. The predicted molar refractivity (Wildman–Crippen MR) is 82.4 cm³/mol. The molecule has 20 heavy (non-hydrogen) atoms. The summed E-state index contributed by atoms with van der Waals surface area (Å²) in [6.07, 6.45) is 0. The van der Waals surface area contributed by atoms with E-state index in [0.29, 0.717) is 4.88 Å². The van der Waals surface area contributed by atoms with Gasteiger partial charge in [-0.1, -0.05) is 0 Å². The Morgan fingerprint density at radius 2 is 2.25 bits per heavy atom. The molecule has 6 heteroatoms. The zero-order valence-corrected chi connectivity index (χ0v) is 12.7. The molecule has 3 rings (SSSR count). The van der Waals surface area contributed by atoms with Gasteiger partial charge in [-0.3, -0.25) is 4.79 Å². The SMILES string of the molecule is C[C@@H]1CNCCN1C(=O)c1cc2cc(F)ccc2s1.Cl. The number of carbonyl (C=O) groups is 1. The Hall–Kier alpha value is -1.17. The summed E-state index contributed by atoms with van der Waals surface area (Å²) in [4.78, 5) is 15.1. The molecule has 108 valence electrons. The standard InChI is InChI=1S/C14H15FN2OS.ClH/c1-9-8-16-4-5-17(9)14(18)13-7-10-6-11(15)2-3-12(10)19-13;/h2-3,6-7,9,16H,4-5,8H2,1H3;1H/t9-;/m1./s1. The second kappa shape index (κ2) is 6.08. The minimum Gasteiger partial charge on any atom is -0.333 e. The molecule has 0 unspecified atom stereocenters. The average Bonchev–Trinajstić information content (AvgIpc) is 2.81. The summed E-state index contributed by atoms with van der Waals surface area (Å²) in [5, 5.41) is 4.07. The Morgan fingerprint density at radius 1 is 1.45 bits per heavy atom. The van der Waals surface area contributed by atoms with Crippen LogP contribution < -0.4 is 5.32 Å². The summed E-state index contributed by atoms with van der Waals surface area (Å²) >= 11 is 1.43. The van der Waals surface area contributed by atoms with E-state index in [2.05, 4.69) is 5.32 Å². The number of carbonyl (C=O) groups excluding carboxylic acids is 1. The van der Waals surface area contributed by atoms with Crippen LogP contribution in [0.25, 0.3) is 10.1 Å². The highest BCUT2D eigenvalue weighted by molar-refractivity contribution is 7.20. The maximum atomic E-state index is 13.2. The van der Waals surface area contributed by atoms with Gasteiger partial charge in [0.15, 0.2) is 0 Å². The highest BCUT2D eigenvalue weighted by atomic mass is 35.5. The number of piperazine rings is 1. The van der Waals surface area contributed by atoms with E-state index in [9.17, 15) is 9.18 Å². The molecule has 0 bridgehead atoms. The van der Waals surface area contributed by atoms with Crippen molar-refractivity contribution in [3.63, 3.8) is 0 Å². The largest absolute Gasteiger partial charge is 0.333 e. The van der Waals surface area contributed by atoms with Gasteiger partial charge in [-0.05, 0) is 36.6 Å². The molecular weight excluding hydrogens is 299 g/mol. The van der Waals surface area contributed by atoms with Crippen molar-refractivity contribution in [2.45, 2.75) is 13.0 Å². The summed E-state index contributed by atoms with van der Waals surface area (Å²) in [6, 6.07) is 6.63. The fourth-order valence-electron chi connectivity index (χ4n) is 2.40. The van der Waals surface area contributed by atoms with Gasteiger partial charge < -0.3 is 10.2 Å². The summed E-state index contributed by atoms with van der Waals surface area (Å²) < 4.78 is 14.1. The van der Waals surface area contributed by atoms with Crippen LogP contribution in [0.5, 0.6) is 0 Å². The molecule has 1 N–H and O–H groups in total. The lowest BCUT2D eigenvalue weighted by molar-refractivity contribution is 0.0661. The summed E-state index contributed by atoms with van der Waals surface area (Å²) in [5.41, 5.74) is 0. The van der Waals surface area contributed by atoms with Crippen LogP contribution in [0.3, 0.4) is 0 Å². The maximum Gasteiger partial charge on any atom is 0.264 e. The number of nitrogens with zero attached hydrogens (tertiary/aromatic N) is 1. The Balaban J connectivity index is 0.00000147. The summed E-state index contributed by atoms with van der Waals surface area (Å²) in [6.45, 7) is 4.42. The molecule has 1 atom stereocenters. The first-order chi connectivity index (χ1) is 9.15. The molecule has 1 aliphatic rings. The van der Waals surface area contributed by atoms with Gasteiger partial charge in [0.05, 0.1) is 4.88 Å². The van der Waals surface area contributed by atoms with Crippen molar-refractivity contribution in [2.24, 2.45) is 0 Å². The van der Waals surface area contributed by atoms with Crippen LogP contribution in [0.1, 0.15) is 16.6 Å². The number of halogens is 2. The first kappa shape index (κ1) is 15.2. The normalized spacial score (nSPS) is 18.9. The number of nitrogens with one attached hydrogen (secondary N) is 1. The first-order valence-corrected chi connectivity index (χ1v) is 7.17. The minimum absolute atomic E-state index is 0. The smallest absolute Gasteiger partial charge is 0.264 e. The highest BCUT2D eigenvalue weighted by Gasteiger charge is 2.25. The van der Waals surface area contributed by atoms with Crippen LogP contribution in [0, 0.1) is 5.82 Å². The molecule has 0 aliphatic carbocycles. The van der Waals surface area contributed by atoms with Gasteiger partial charge in [0.25, 0.3) is 5.91 Å². The van der Waals surface area contributed by atoms with E-state index in [0.717, 1.165) is 29.7 Å². The molecule has 1 aromatic carbocycles. The molecule has 1 fully saturated rings. The number of benzene rings is 1. The van der Waals surface area contributed by atoms with Gasteiger partial charge in [0.1, 0.15) is 5.82 Å². The van der Waals surface area contributed by atoms with Gasteiger partial charge >= 0.3 is 0 Å². The fourth-order valence-corrected chi connectivity index (χ4v) is 3.40. The number of hydrogen-bond acceptors (Lipinski definition) is 3. The lowest BCUT2D eigenvalue weighted by atomic mass is 10.2. The van der Waals surface area contributed by atoms with E-state index in [1.165, 1.54) is 23.5 Å². The number of rotatable bonds is 1. The highest BCUT2D eigenvalue weighted by Crippen LogP contribution is 2.27. The van der Waals surface area contributed by atoms with Crippen molar-refractivity contribution in [1.82, 2.24) is 10.2 Å². The van der Waals surface area contributed by atoms with Crippen molar-refractivity contribution in [3.05, 3.63) is 35.0 Å². The van der Waals surface area contributed by atoms with E-state index in [1.54, 1.807) is 12.1 Å². The third-order valence-electron chi connectivity index (χ3n) is 3.45. The van der Waals surface area contributed by atoms with Crippen LogP contribution in [-0.2, 0) is 0 Å². The van der Waals surface area contributed by atoms with Crippen molar-refractivity contribution in [3.8, 4) is 0 Å². The van der Waals surface area contributed by atoms with Gasteiger partial charge in [-0.25, -0.2) is 4.39 Å². The number of hydrogen-bond donors (Lipinski definition) is 1. The number of thiophene rings is 1. The maximum absolute atomic E-state index is 13.2. The first-order valence-electron chi connectivity index (χ1n) is 6.36. The van der Waals surface area contributed by atoms with Crippen molar-refractivity contribution in [1.29, 1.82) is 0 Å². The molecule has 1 aromatic heterocycles. The molecule has 2 aromatic rings. The number of fused-ring (bicyclic) bond motifs is 1. The third-order valence-corrected chi connectivity index (χ3v) is 4.56. The van der Waals surface area contributed by atoms with Crippen molar-refractivity contribution < 1.29 is 9.18 Å². The van der Waals surface area contributed by atoms with Gasteiger partial charge in [0, 0.05) is 30.4 Å². The lowest BCUT2D eigenvalue weighted by Gasteiger charge is -2.33. The van der Waals surface area contributed by atoms with Gasteiger partial charge in [-0.15, -0.1) is 23.7 Å².